The highest BCUT2D eigenvalue weighted by atomic mass is 16.5. The summed E-state index contributed by atoms with van der Waals surface area (Å²) in [6.07, 6.45) is 3.17. The number of hydrogen-bond donors (Lipinski definition) is 0. The van der Waals surface area contributed by atoms with Crippen LogP contribution in [-0.4, -0.2) is 61.6 Å². The number of piperazine rings is 1. The fraction of sp³-hybridized carbons (Fsp3) is 0.923. The maximum atomic E-state index is 11.6. The van der Waals surface area contributed by atoms with E-state index in [9.17, 15) is 4.79 Å². The van der Waals surface area contributed by atoms with Crippen molar-refractivity contribution in [3.8, 4) is 0 Å². The molecule has 0 aromatic rings. The molecule has 17 heavy (non-hydrogen) atoms. The van der Waals surface area contributed by atoms with E-state index in [4.69, 9.17) is 4.74 Å². The molecule has 0 spiro atoms. The second kappa shape index (κ2) is 7.67. The Hall–Kier alpha value is -0.610. The smallest absolute Gasteiger partial charge is 0.320 e. The van der Waals surface area contributed by atoms with Gasteiger partial charge in [0.05, 0.1) is 13.2 Å². The van der Waals surface area contributed by atoms with Crippen molar-refractivity contribution in [2.24, 2.45) is 0 Å². The molecule has 1 atom stereocenters. The summed E-state index contributed by atoms with van der Waals surface area (Å²) in [7, 11) is 2.16. The van der Waals surface area contributed by atoms with Crippen LogP contribution in [0.25, 0.3) is 0 Å². The van der Waals surface area contributed by atoms with Crippen molar-refractivity contribution >= 4 is 5.97 Å². The van der Waals surface area contributed by atoms with Gasteiger partial charge in [-0.15, -0.1) is 0 Å². The molecule has 0 radical (unpaired) electrons. The Labute approximate surface area is 105 Å². The van der Waals surface area contributed by atoms with Crippen molar-refractivity contribution in [2.75, 3.05) is 39.8 Å². The van der Waals surface area contributed by atoms with E-state index in [1.54, 1.807) is 0 Å². The minimum atomic E-state index is -0.0714. The molecule has 0 aliphatic carbocycles. The highest BCUT2D eigenvalue weighted by Crippen LogP contribution is 2.10. The molecule has 0 bridgehead atoms. The fourth-order valence-corrected chi connectivity index (χ4v) is 2.15. The Morgan fingerprint density at radius 2 is 2.12 bits per heavy atom. The van der Waals surface area contributed by atoms with Gasteiger partial charge in [0, 0.05) is 25.7 Å². The number of rotatable bonds is 6. The van der Waals surface area contributed by atoms with E-state index in [-0.39, 0.29) is 5.97 Å². The van der Waals surface area contributed by atoms with Crippen LogP contribution in [0.4, 0.5) is 0 Å². The van der Waals surface area contributed by atoms with Crippen LogP contribution in [0.3, 0.4) is 0 Å². The lowest BCUT2D eigenvalue weighted by molar-refractivity contribution is -0.145. The minimum absolute atomic E-state index is 0.0714. The van der Waals surface area contributed by atoms with Crippen LogP contribution >= 0.6 is 0 Å². The summed E-state index contributed by atoms with van der Waals surface area (Å²) in [4.78, 5) is 16.2. The Bertz CT molecular complexity index is 233. The lowest BCUT2D eigenvalue weighted by atomic mass is 10.1. The summed E-state index contributed by atoms with van der Waals surface area (Å²) in [5.74, 6) is -0.0714. The van der Waals surface area contributed by atoms with Crippen LogP contribution in [0.5, 0.6) is 0 Å². The minimum Gasteiger partial charge on any atom is -0.465 e. The van der Waals surface area contributed by atoms with E-state index in [2.05, 4.69) is 30.7 Å². The molecule has 1 heterocycles. The van der Waals surface area contributed by atoms with Gasteiger partial charge in [0.2, 0.25) is 0 Å². The second-order valence-corrected chi connectivity index (χ2v) is 4.85. The highest BCUT2D eigenvalue weighted by molar-refractivity contribution is 5.71. The summed E-state index contributed by atoms with van der Waals surface area (Å²) in [5.41, 5.74) is 0. The first kappa shape index (κ1) is 14.5. The van der Waals surface area contributed by atoms with E-state index in [0.29, 0.717) is 19.2 Å². The van der Waals surface area contributed by atoms with Gasteiger partial charge in [-0.3, -0.25) is 9.69 Å². The average molecular weight is 242 g/mol. The van der Waals surface area contributed by atoms with Gasteiger partial charge in [0.15, 0.2) is 0 Å². The van der Waals surface area contributed by atoms with Gasteiger partial charge in [-0.1, -0.05) is 20.3 Å². The van der Waals surface area contributed by atoms with Crippen LogP contribution in [0, 0.1) is 0 Å². The maximum Gasteiger partial charge on any atom is 0.320 e. The first-order chi connectivity index (χ1) is 8.17. The maximum absolute atomic E-state index is 11.6. The molecule has 1 rings (SSSR count). The molecule has 1 fully saturated rings. The topological polar surface area (TPSA) is 32.8 Å². The molecule has 0 aromatic heterocycles. The monoisotopic (exact) mass is 242 g/mol. The number of likely N-dealkylation sites (N-methyl/N-ethyl adjacent to an activating group) is 1. The van der Waals surface area contributed by atoms with Crippen LogP contribution in [0.2, 0.25) is 0 Å². The van der Waals surface area contributed by atoms with Crippen molar-refractivity contribution in [1.82, 2.24) is 9.80 Å². The summed E-state index contributed by atoms with van der Waals surface area (Å²) >= 11 is 0. The third-order valence-electron chi connectivity index (χ3n) is 3.45. The molecule has 4 nitrogen and oxygen atoms in total. The standard InChI is InChI=1S/C13H26N2O2/c1-4-6-9-17-13(16)11-15-8-7-14(3)12(5-2)10-15/h12H,4-11H2,1-3H3. The van der Waals surface area contributed by atoms with Gasteiger partial charge in [0.1, 0.15) is 0 Å². The predicted molar refractivity (Wildman–Crippen MR) is 69.0 cm³/mol. The normalized spacial score (nSPS) is 22.6. The largest absolute Gasteiger partial charge is 0.465 e. The number of ether oxygens (including phenoxy) is 1. The van der Waals surface area contributed by atoms with E-state index in [1.165, 1.54) is 0 Å². The van der Waals surface area contributed by atoms with Crippen LogP contribution in [0.1, 0.15) is 33.1 Å². The molecule has 0 aromatic carbocycles. The quantitative estimate of drug-likeness (QED) is 0.520. The first-order valence-electron chi connectivity index (χ1n) is 6.75. The fourth-order valence-electron chi connectivity index (χ4n) is 2.15. The molecule has 4 heteroatoms. The highest BCUT2D eigenvalue weighted by Gasteiger charge is 2.24. The zero-order valence-electron chi connectivity index (χ0n) is 11.4. The number of carbonyl (C=O) groups excluding carboxylic acids is 1. The Morgan fingerprint density at radius 3 is 2.76 bits per heavy atom. The SMILES string of the molecule is CCCCOC(=O)CN1CCN(C)C(CC)C1. The zero-order valence-corrected chi connectivity index (χ0v) is 11.4. The summed E-state index contributed by atoms with van der Waals surface area (Å²) in [6, 6.07) is 0.576. The number of nitrogens with zero attached hydrogens (tertiary/aromatic N) is 2. The number of esters is 1. The van der Waals surface area contributed by atoms with Crippen LogP contribution < -0.4 is 0 Å². The van der Waals surface area contributed by atoms with Crippen molar-refractivity contribution in [3.05, 3.63) is 0 Å². The molecule has 100 valence electrons. The average Bonchev–Trinajstić information content (AvgIpc) is 2.32. The molecule has 0 N–H and O–H groups in total. The summed E-state index contributed by atoms with van der Waals surface area (Å²) in [5, 5.41) is 0. The molecule has 1 aliphatic heterocycles. The van der Waals surface area contributed by atoms with Gasteiger partial charge in [-0.05, 0) is 19.9 Å². The van der Waals surface area contributed by atoms with Crippen LogP contribution in [-0.2, 0) is 9.53 Å². The Balaban J connectivity index is 2.24. The second-order valence-electron chi connectivity index (χ2n) is 4.85. The van der Waals surface area contributed by atoms with Gasteiger partial charge in [-0.2, -0.15) is 0 Å². The van der Waals surface area contributed by atoms with E-state index < -0.39 is 0 Å². The van der Waals surface area contributed by atoms with Gasteiger partial charge in [0.25, 0.3) is 0 Å². The van der Waals surface area contributed by atoms with Crippen molar-refractivity contribution in [3.63, 3.8) is 0 Å². The lowest BCUT2D eigenvalue weighted by Crippen LogP contribution is -2.52. The van der Waals surface area contributed by atoms with Gasteiger partial charge in [-0.25, -0.2) is 0 Å². The lowest BCUT2D eigenvalue weighted by Gasteiger charge is -2.38. The Kier molecular flexibility index (Phi) is 6.52. The zero-order chi connectivity index (χ0) is 12.7. The number of unbranched alkanes of at least 4 members (excludes halogenated alkanes) is 1. The number of carbonyl (C=O) groups is 1. The first-order valence-corrected chi connectivity index (χ1v) is 6.75. The van der Waals surface area contributed by atoms with Crippen molar-refractivity contribution in [2.45, 2.75) is 39.2 Å². The summed E-state index contributed by atoms with van der Waals surface area (Å²) in [6.45, 7) is 8.31. The third-order valence-corrected chi connectivity index (χ3v) is 3.45. The van der Waals surface area contributed by atoms with Crippen molar-refractivity contribution in [1.29, 1.82) is 0 Å². The van der Waals surface area contributed by atoms with E-state index in [1.807, 2.05) is 0 Å². The number of hydrogen-bond acceptors (Lipinski definition) is 4. The molecule has 1 aliphatic rings. The van der Waals surface area contributed by atoms with Crippen molar-refractivity contribution < 1.29 is 9.53 Å². The molecular weight excluding hydrogens is 216 g/mol. The van der Waals surface area contributed by atoms with Crippen LogP contribution in [0.15, 0.2) is 0 Å². The third kappa shape index (κ3) is 5.04. The van der Waals surface area contributed by atoms with Gasteiger partial charge < -0.3 is 9.64 Å². The van der Waals surface area contributed by atoms with Gasteiger partial charge >= 0.3 is 5.97 Å². The molecule has 0 amide bonds. The van der Waals surface area contributed by atoms with E-state index in [0.717, 1.165) is 38.9 Å². The molecule has 1 unspecified atom stereocenters. The summed E-state index contributed by atoms with van der Waals surface area (Å²) < 4.78 is 5.19. The molecule has 0 saturated carbocycles. The Morgan fingerprint density at radius 1 is 1.35 bits per heavy atom. The molecule has 1 saturated heterocycles. The molecular formula is C13H26N2O2. The predicted octanol–water partition coefficient (Wildman–Crippen LogP) is 1.36. The van der Waals surface area contributed by atoms with E-state index >= 15 is 0 Å².